The van der Waals surface area contributed by atoms with Crippen LogP contribution < -0.4 is 0 Å². The molecular weight excluding hydrogens is 180 g/mol. The van der Waals surface area contributed by atoms with Crippen LogP contribution in [0.4, 0.5) is 0 Å². The Bertz CT molecular complexity index is 16.0. The number of hydrogen-bond acceptors (Lipinski definition) is 0. The molecule has 0 atom stereocenters. The van der Waals surface area contributed by atoms with Gasteiger partial charge in [-0.15, -0.1) is 0 Å². The van der Waals surface area contributed by atoms with Crippen molar-refractivity contribution in [3.05, 3.63) is 0 Å². The van der Waals surface area contributed by atoms with E-state index in [0.717, 1.165) is 0 Å². The van der Waals surface area contributed by atoms with Gasteiger partial charge in [0, 0.05) is 21.1 Å². The molecule has 1 fully saturated rings. The first kappa shape index (κ1) is 11.5. The van der Waals surface area contributed by atoms with Crippen molar-refractivity contribution < 1.29 is 21.1 Å². The van der Waals surface area contributed by atoms with E-state index in [4.69, 9.17) is 0 Å². The molecule has 0 amide bonds. The average molecular weight is 196 g/mol. The van der Waals surface area contributed by atoms with Crippen LogP contribution in [-0.4, -0.2) is 0 Å². The van der Waals surface area contributed by atoms with Gasteiger partial charge in [-0.2, -0.15) is 0 Å². The molecule has 0 heterocycles. The minimum Gasteiger partial charge on any atom is -0.0683 e. The van der Waals surface area contributed by atoms with Gasteiger partial charge in [0.1, 0.15) is 0 Å². The van der Waals surface area contributed by atoms with Gasteiger partial charge in [0.05, 0.1) is 0 Å². The molecule has 1 rings (SSSR count). The van der Waals surface area contributed by atoms with Crippen molar-refractivity contribution in [1.29, 1.82) is 0 Å². The van der Waals surface area contributed by atoms with Crippen molar-refractivity contribution in [2.45, 2.75) is 46.0 Å². The molecule has 0 aromatic carbocycles. The predicted octanol–water partition coefficient (Wildman–Crippen LogP) is 2.97. The fourth-order valence-corrected chi connectivity index (χ4v) is 0.884. The summed E-state index contributed by atoms with van der Waals surface area (Å²) >= 11 is 0. The van der Waals surface area contributed by atoms with E-state index < -0.39 is 0 Å². The normalized spacial score (nSPS) is 15.8. The van der Waals surface area contributed by atoms with E-state index in [0.29, 0.717) is 0 Å². The van der Waals surface area contributed by atoms with Crippen LogP contribution in [0.2, 0.25) is 0 Å². The second-order valence-electron chi connectivity index (χ2n) is 1.77. The van der Waals surface area contributed by atoms with Gasteiger partial charge >= 0.3 is 0 Å². The van der Waals surface area contributed by atoms with Gasteiger partial charge in [-0.25, -0.2) is 0 Å². The SMILES string of the molecule is C1CCCC1.CC.[Mo]. The molecule has 0 spiro atoms. The van der Waals surface area contributed by atoms with E-state index >= 15 is 0 Å². The number of hydrogen-bond donors (Lipinski definition) is 0. The van der Waals surface area contributed by atoms with Crippen molar-refractivity contribution in [3.63, 3.8) is 0 Å². The Labute approximate surface area is 67.3 Å². The zero-order chi connectivity index (χ0) is 5.54. The third-order valence-corrected chi connectivity index (χ3v) is 1.25. The van der Waals surface area contributed by atoms with Gasteiger partial charge in [-0.3, -0.25) is 0 Å². The second-order valence-corrected chi connectivity index (χ2v) is 1.77. The Morgan fingerprint density at radius 3 is 0.875 bits per heavy atom. The maximum absolute atomic E-state index is 2.00. The molecule has 1 aliphatic rings. The topological polar surface area (TPSA) is 0 Å². The molecule has 0 aromatic rings. The van der Waals surface area contributed by atoms with Crippen LogP contribution in [0.1, 0.15) is 46.0 Å². The molecule has 0 radical (unpaired) electrons. The van der Waals surface area contributed by atoms with E-state index in [9.17, 15) is 0 Å². The molecule has 50 valence electrons. The van der Waals surface area contributed by atoms with Crippen LogP contribution in [0.5, 0.6) is 0 Å². The Kier molecular flexibility index (Phi) is 15.3. The third-order valence-electron chi connectivity index (χ3n) is 1.25. The molecule has 1 heteroatoms. The zero-order valence-electron chi connectivity index (χ0n) is 5.94. The monoisotopic (exact) mass is 198 g/mol. The minimum absolute atomic E-state index is 0. The van der Waals surface area contributed by atoms with Gasteiger partial charge < -0.3 is 0 Å². The Morgan fingerprint density at radius 2 is 0.750 bits per heavy atom. The molecule has 0 aliphatic heterocycles. The molecule has 8 heavy (non-hydrogen) atoms. The molecule has 0 saturated heterocycles. The largest absolute Gasteiger partial charge is 0.0683 e. The summed E-state index contributed by atoms with van der Waals surface area (Å²) in [5.41, 5.74) is 0. The van der Waals surface area contributed by atoms with Gasteiger partial charge in [0.15, 0.2) is 0 Å². The molecule has 0 nitrogen and oxygen atoms in total. The molecular formula is C7H16Mo. The van der Waals surface area contributed by atoms with Crippen molar-refractivity contribution in [2.24, 2.45) is 0 Å². The molecule has 0 aromatic heterocycles. The van der Waals surface area contributed by atoms with Crippen LogP contribution >= 0.6 is 0 Å². The van der Waals surface area contributed by atoms with E-state index in [1.807, 2.05) is 13.8 Å². The van der Waals surface area contributed by atoms with E-state index in [1.54, 1.807) is 0 Å². The van der Waals surface area contributed by atoms with Crippen LogP contribution in [0.3, 0.4) is 0 Å². The van der Waals surface area contributed by atoms with Crippen molar-refractivity contribution in [3.8, 4) is 0 Å². The first-order valence-corrected chi connectivity index (χ1v) is 3.50. The summed E-state index contributed by atoms with van der Waals surface area (Å²) < 4.78 is 0. The standard InChI is InChI=1S/C5H10.C2H6.Mo/c1-2-4-5-3-1;1-2;/h1-5H2;1-2H3;. The van der Waals surface area contributed by atoms with E-state index in [2.05, 4.69) is 0 Å². The summed E-state index contributed by atoms with van der Waals surface area (Å²) in [5.74, 6) is 0. The minimum atomic E-state index is 0. The Balaban J connectivity index is 0. The van der Waals surface area contributed by atoms with Crippen LogP contribution in [0.25, 0.3) is 0 Å². The molecule has 1 saturated carbocycles. The summed E-state index contributed by atoms with van der Waals surface area (Å²) in [6.45, 7) is 4.00. The molecule has 1 aliphatic carbocycles. The summed E-state index contributed by atoms with van der Waals surface area (Å²) in [7, 11) is 0. The number of rotatable bonds is 0. The van der Waals surface area contributed by atoms with Gasteiger partial charge in [-0.05, 0) is 0 Å². The average Bonchev–Trinajstić information content (AvgIpc) is 2.23. The van der Waals surface area contributed by atoms with Crippen molar-refractivity contribution >= 4 is 0 Å². The summed E-state index contributed by atoms with van der Waals surface area (Å²) in [6, 6.07) is 0. The maximum Gasteiger partial charge on any atom is 0 e. The third kappa shape index (κ3) is 6.69. The molecule has 0 N–H and O–H groups in total. The molecule has 0 bridgehead atoms. The zero-order valence-corrected chi connectivity index (χ0v) is 7.95. The first-order valence-electron chi connectivity index (χ1n) is 3.50. The van der Waals surface area contributed by atoms with Crippen LogP contribution in [0.15, 0.2) is 0 Å². The Hall–Kier alpha value is 0.688. The quantitative estimate of drug-likeness (QED) is 0.522. The van der Waals surface area contributed by atoms with E-state index in [1.165, 1.54) is 32.1 Å². The van der Waals surface area contributed by atoms with Crippen LogP contribution in [0, 0.1) is 0 Å². The van der Waals surface area contributed by atoms with Crippen molar-refractivity contribution in [1.82, 2.24) is 0 Å². The van der Waals surface area contributed by atoms with E-state index in [-0.39, 0.29) is 21.1 Å². The summed E-state index contributed by atoms with van der Waals surface area (Å²) in [5, 5.41) is 0. The fourth-order valence-electron chi connectivity index (χ4n) is 0.884. The van der Waals surface area contributed by atoms with Crippen LogP contribution in [-0.2, 0) is 21.1 Å². The Morgan fingerprint density at radius 1 is 0.625 bits per heavy atom. The first-order chi connectivity index (χ1) is 3.50. The summed E-state index contributed by atoms with van der Waals surface area (Å²) in [6.07, 6.45) is 7.50. The maximum atomic E-state index is 2.00. The predicted molar refractivity (Wildman–Crippen MR) is 34.4 cm³/mol. The second kappa shape index (κ2) is 10.6. The fraction of sp³-hybridized carbons (Fsp3) is 1.00. The van der Waals surface area contributed by atoms with Crippen molar-refractivity contribution in [2.75, 3.05) is 0 Å². The smallest absolute Gasteiger partial charge is 0 e. The summed E-state index contributed by atoms with van der Waals surface area (Å²) in [4.78, 5) is 0. The van der Waals surface area contributed by atoms with Gasteiger partial charge in [-0.1, -0.05) is 46.0 Å². The van der Waals surface area contributed by atoms with Gasteiger partial charge in [0.25, 0.3) is 0 Å². The molecule has 0 unspecified atom stereocenters. The van der Waals surface area contributed by atoms with Gasteiger partial charge in [0.2, 0.25) is 0 Å².